The second-order valence-electron chi connectivity index (χ2n) is 5.19. The molecule has 1 atom stereocenters. The van der Waals surface area contributed by atoms with Crippen molar-refractivity contribution >= 4 is 5.82 Å². The number of hydrogen-bond acceptors (Lipinski definition) is 3. The molecule has 1 unspecified atom stereocenters. The minimum Gasteiger partial charge on any atom is -0.493 e. The highest BCUT2D eigenvalue weighted by atomic mass is 16.5. The van der Waals surface area contributed by atoms with Crippen molar-refractivity contribution in [2.75, 3.05) is 12.3 Å². The largest absolute Gasteiger partial charge is 0.493 e. The smallest absolute Gasteiger partial charge is 0.126 e. The van der Waals surface area contributed by atoms with Gasteiger partial charge < -0.3 is 10.5 Å². The van der Waals surface area contributed by atoms with Crippen LogP contribution in [0.15, 0.2) is 36.4 Å². The first-order valence-corrected chi connectivity index (χ1v) is 6.65. The van der Waals surface area contributed by atoms with Crippen LogP contribution >= 0.6 is 0 Å². The normalized spacial score (nSPS) is 17.6. The maximum atomic E-state index is 5.98. The fourth-order valence-electron chi connectivity index (χ4n) is 2.61. The molecule has 2 aromatic rings. The molecule has 0 aliphatic carbocycles. The predicted octanol–water partition coefficient (Wildman–Crippen LogP) is 2.77. The Morgan fingerprint density at radius 1 is 1.26 bits per heavy atom. The predicted molar refractivity (Wildman–Crippen MR) is 76.2 cm³/mol. The molecule has 19 heavy (non-hydrogen) atoms. The van der Waals surface area contributed by atoms with Crippen molar-refractivity contribution in [3.8, 4) is 5.75 Å². The number of hydrogen-bond donors (Lipinski definition) is 1. The number of pyridine rings is 1. The summed E-state index contributed by atoms with van der Waals surface area (Å²) in [5.41, 5.74) is 9.36. The SMILES string of the molecule is Cc1ccc(CC2COc3ccccc3C2)c(N)n1. The quantitative estimate of drug-likeness (QED) is 0.896. The number of fused-ring (bicyclic) bond motifs is 1. The molecule has 1 aromatic heterocycles. The maximum absolute atomic E-state index is 5.98. The number of aromatic nitrogens is 1. The third kappa shape index (κ3) is 2.55. The molecular formula is C16H18N2O. The van der Waals surface area contributed by atoms with Gasteiger partial charge in [-0.1, -0.05) is 24.3 Å². The van der Waals surface area contributed by atoms with Crippen molar-refractivity contribution in [3.05, 3.63) is 53.2 Å². The van der Waals surface area contributed by atoms with Crippen LogP contribution in [0.25, 0.3) is 0 Å². The molecule has 0 fully saturated rings. The third-order valence-corrected chi connectivity index (χ3v) is 3.62. The van der Waals surface area contributed by atoms with Crippen molar-refractivity contribution in [2.45, 2.75) is 19.8 Å². The van der Waals surface area contributed by atoms with E-state index in [0.717, 1.165) is 36.5 Å². The van der Waals surface area contributed by atoms with E-state index in [9.17, 15) is 0 Å². The summed E-state index contributed by atoms with van der Waals surface area (Å²) in [6.45, 7) is 2.71. The van der Waals surface area contributed by atoms with Crippen LogP contribution in [0.1, 0.15) is 16.8 Å². The van der Waals surface area contributed by atoms with Crippen LogP contribution in [0.3, 0.4) is 0 Å². The lowest BCUT2D eigenvalue weighted by Gasteiger charge is -2.25. The van der Waals surface area contributed by atoms with Crippen molar-refractivity contribution < 1.29 is 4.74 Å². The second kappa shape index (κ2) is 4.92. The number of para-hydroxylation sites is 1. The van der Waals surface area contributed by atoms with Gasteiger partial charge in [0.1, 0.15) is 11.6 Å². The van der Waals surface area contributed by atoms with E-state index in [0.29, 0.717) is 11.7 Å². The van der Waals surface area contributed by atoms with Gasteiger partial charge in [0.15, 0.2) is 0 Å². The number of anilines is 1. The Bertz CT molecular complexity index is 595. The van der Waals surface area contributed by atoms with E-state index in [4.69, 9.17) is 10.5 Å². The minimum atomic E-state index is 0.474. The maximum Gasteiger partial charge on any atom is 0.126 e. The number of rotatable bonds is 2. The summed E-state index contributed by atoms with van der Waals surface area (Å²) in [5.74, 6) is 2.15. The molecule has 0 bridgehead atoms. The van der Waals surface area contributed by atoms with E-state index in [1.807, 2.05) is 25.1 Å². The number of ether oxygens (including phenoxy) is 1. The topological polar surface area (TPSA) is 48.1 Å². The van der Waals surface area contributed by atoms with Crippen LogP contribution in [0, 0.1) is 12.8 Å². The summed E-state index contributed by atoms with van der Waals surface area (Å²) < 4.78 is 5.81. The first-order chi connectivity index (χ1) is 9.22. The molecule has 2 N–H and O–H groups in total. The zero-order valence-electron chi connectivity index (χ0n) is 11.1. The number of aryl methyl sites for hydroxylation is 1. The molecular weight excluding hydrogens is 236 g/mol. The lowest BCUT2D eigenvalue weighted by molar-refractivity contribution is 0.221. The summed E-state index contributed by atoms with van der Waals surface area (Å²) in [6.07, 6.45) is 1.97. The van der Waals surface area contributed by atoms with Crippen LogP contribution < -0.4 is 10.5 Å². The molecule has 3 rings (SSSR count). The summed E-state index contributed by atoms with van der Waals surface area (Å²) in [6, 6.07) is 12.3. The Morgan fingerprint density at radius 2 is 2.11 bits per heavy atom. The van der Waals surface area contributed by atoms with E-state index in [1.54, 1.807) is 0 Å². The van der Waals surface area contributed by atoms with E-state index in [-0.39, 0.29) is 0 Å². The molecule has 1 aromatic carbocycles. The zero-order valence-corrected chi connectivity index (χ0v) is 11.1. The van der Waals surface area contributed by atoms with Gasteiger partial charge in [-0.05, 0) is 43.0 Å². The molecule has 3 nitrogen and oxygen atoms in total. The van der Waals surface area contributed by atoms with Crippen LogP contribution in [-0.2, 0) is 12.8 Å². The number of nitrogens with zero attached hydrogens (tertiary/aromatic N) is 1. The standard InChI is InChI=1S/C16H18N2O/c1-11-6-7-14(16(17)18-11)9-12-8-13-4-2-3-5-15(13)19-10-12/h2-7,12H,8-10H2,1H3,(H2,17,18). The van der Waals surface area contributed by atoms with Gasteiger partial charge in [0.05, 0.1) is 6.61 Å². The van der Waals surface area contributed by atoms with Gasteiger partial charge in [0.2, 0.25) is 0 Å². The Hall–Kier alpha value is -2.03. The molecule has 2 heterocycles. The fraction of sp³-hybridized carbons (Fsp3) is 0.312. The van der Waals surface area contributed by atoms with Gasteiger partial charge in [-0.15, -0.1) is 0 Å². The Kier molecular flexibility index (Phi) is 3.11. The van der Waals surface area contributed by atoms with Gasteiger partial charge in [-0.3, -0.25) is 0 Å². The molecule has 0 spiro atoms. The van der Waals surface area contributed by atoms with Crippen LogP contribution in [-0.4, -0.2) is 11.6 Å². The van der Waals surface area contributed by atoms with Crippen LogP contribution in [0.2, 0.25) is 0 Å². The monoisotopic (exact) mass is 254 g/mol. The second-order valence-corrected chi connectivity index (χ2v) is 5.19. The number of nitrogen functional groups attached to an aromatic ring is 1. The van der Waals surface area contributed by atoms with E-state index in [2.05, 4.69) is 23.2 Å². The van der Waals surface area contributed by atoms with E-state index >= 15 is 0 Å². The van der Waals surface area contributed by atoms with Crippen molar-refractivity contribution in [1.82, 2.24) is 4.98 Å². The average Bonchev–Trinajstić information content (AvgIpc) is 2.42. The minimum absolute atomic E-state index is 0.474. The van der Waals surface area contributed by atoms with Crippen molar-refractivity contribution in [1.29, 1.82) is 0 Å². The fourth-order valence-corrected chi connectivity index (χ4v) is 2.61. The van der Waals surface area contributed by atoms with Gasteiger partial charge in [-0.25, -0.2) is 4.98 Å². The molecule has 0 radical (unpaired) electrons. The van der Waals surface area contributed by atoms with Crippen molar-refractivity contribution in [2.24, 2.45) is 5.92 Å². The van der Waals surface area contributed by atoms with E-state index in [1.165, 1.54) is 5.56 Å². The van der Waals surface area contributed by atoms with Crippen LogP contribution in [0.5, 0.6) is 5.75 Å². The van der Waals surface area contributed by atoms with Crippen molar-refractivity contribution in [3.63, 3.8) is 0 Å². The lowest BCUT2D eigenvalue weighted by atomic mass is 9.91. The highest BCUT2D eigenvalue weighted by Gasteiger charge is 2.20. The number of benzene rings is 1. The van der Waals surface area contributed by atoms with Gasteiger partial charge in [0.25, 0.3) is 0 Å². The molecule has 1 aliphatic heterocycles. The zero-order chi connectivity index (χ0) is 13.2. The first kappa shape index (κ1) is 12.0. The molecule has 0 saturated carbocycles. The summed E-state index contributed by atoms with van der Waals surface area (Å²) in [5, 5.41) is 0. The molecule has 0 amide bonds. The molecule has 98 valence electrons. The Morgan fingerprint density at radius 3 is 2.95 bits per heavy atom. The lowest BCUT2D eigenvalue weighted by Crippen LogP contribution is -2.23. The van der Waals surface area contributed by atoms with Crippen LogP contribution in [0.4, 0.5) is 5.82 Å². The summed E-state index contributed by atoms with van der Waals surface area (Å²) >= 11 is 0. The van der Waals surface area contributed by atoms with Gasteiger partial charge in [0, 0.05) is 11.6 Å². The van der Waals surface area contributed by atoms with Gasteiger partial charge in [-0.2, -0.15) is 0 Å². The highest BCUT2D eigenvalue weighted by Crippen LogP contribution is 2.29. The molecule has 0 saturated heterocycles. The van der Waals surface area contributed by atoms with E-state index < -0.39 is 0 Å². The number of nitrogens with two attached hydrogens (primary N) is 1. The summed E-state index contributed by atoms with van der Waals surface area (Å²) in [4.78, 5) is 4.32. The Balaban J connectivity index is 1.75. The highest BCUT2D eigenvalue weighted by molar-refractivity contribution is 5.41. The van der Waals surface area contributed by atoms with Gasteiger partial charge >= 0.3 is 0 Å². The third-order valence-electron chi connectivity index (χ3n) is 3.62. The molecule has 3 heteroatoms. The average molecular weight is 254 g/mol. The Labute approximate surface area is 113 Å². The first-order valence-electron chi connectivity index (χ1n) is 6.65. The summed E-state index contributed by atoms with van der Waals surface area (Å²) in [7, 11) is 0. The molecule has 1 aliphatic rings.